The molecule has 0 aromatic carbocycles. The molecule has 2 rings (SSSR count). The first-order valence-electron chi connectivity index (χ1n) is 6.69. The summed E-state index contributed by atoms with van der Waals surface area (Å²) in [4.78, 5) is 20.2. The van der Waals surface area contributed by atoms with E-state index in [9.17, 15) is 4.79 Å². The van der Waals surface area contributed by atoms with Crippen LogP contribution in [0.25, 0.3) is 0 Å². The van der Waals surface area contributed by atoms with Crippen LogP contribution in [-0.2, 0) is 4.74 Å². The van der Waals surface area contributed by atoms with E-state index in [0.717, 1.165) is 26.0 Å². The van der Waals surface area contributed by atoms with Crippen LogP contribution in [-0.4, -0.2) is 41.2 Å². The van der Waals surface area contributed by atoms with Gasteiger partial charge in [-0.05, 0) is 26.7 Å². The van der Waals surface area contributed by atoms with Crippen molar-refractivity contribution in [2.45, 2.75) is 38.8 Å². The molecule has 6 heteroatoms. The third kappa shape index (κ3) is 3.64. The third-order valence-electron chi connectivity index (χ3n) is 3.12. The molecule has 0 spiro atoms. The van der Waals surface area contributed by atoms with Gasteiger partial charge in [0.15, 0.2) is 0 Å². The molecule has 19 heavy (non-hydrogen) atoms. The van der Waals surface area contributed by atoms with Crippen molar-refractivity contribution in [1.29, 1.82) is 0 Å². The van der Waals surface area contributed by atoms with Gasteiger partial charge in [-0.15, -0.1) is 0 Å². The van der Waals surface area contributed by atoms with Crippen LogP contribution < -0.4 is 10.6 Å². The second-order valence-electron chi connectivity index (χ2n) is 4.63. The van der Waals surface area contributed by atoms with Crippen LogP contribution in [0.15, 0.2) is 12.4 Å². The number of anilines is 1. The monoisotopic (exact) mass is 264 g/mol. The normalized spacial score (nSPS) is 20.0. The molecule has 0 bridgehead atoms. The van der Waals surface area contributed by atoms with Gasteiger partial charge in [0.05, 0.1) is 24.5 Å². The fourth-order valence-electron chi connectivity index (χ4n) is 2.09. The Morgan fingerprint density at radius 1 is 1.53 bits per heavy atom. The van der Waals surface area contributed by atoms with Gasteiger partial charge in [0, 0.05) is 13.2 Å². The highest BCUT2D eigenvalue weighted by Crippen LogP contribution is 2.15. The lowest BCUT2D eigenvalue weighted by molar-refractivity contribution is 0.0709. The predicted molar refractivity (Wildman–Crippen MR) is 72.1 cm³/mol. The number of carbonyl (C=O) groups is 1. The molecular weight excluding hydrogens is 244 g/mol. The summed E-state index contributed by atoms with van der Waals surface area (Å²) < 4.78 is 5.54. The van der Waals surface area contributed by atoms with E-state index in [1.54, 1.807) is 6.20 Å². The van der Waals surface area contributed by atoms with Gasteiger partial charge in [-0.1, -0.05) is 0 Å². The molecule has 1 aromatic rings. The fourth-order valence-corrected chi connectivity index (χ4v) is 2.09. The van der Waals surface area contributed by atoms with Crippen LogP contribution in [0.2, 0.25) is 0 Å². The highest BCUT2D eigenvalue weighted by molar-refractivity contribution is 5.92. The maximum absolute atomic E-state index is 12.0. The molecule has 1 aromatic heterocycles. The Hall–Kier alpha value is -1.69. The van der Waals surface area contributed by atoms with Crippen molar-refractivity contribution in [2.24, 2.45) is 0 Å². The van der Waals surface area contributed by atoms with Gasteiger partial charge in [0.2, 0.25) is 0 Å². The van der Waals surface area contributed by atoms with Crippen molar-refractivity contribution in [1.82, 2.24) is 15.3 Å². The zero-order chi connectivity index (χ0) is 13.7. The van der Waals surface area contributed by atoms with Crippen molar-refractivity contribution < 1.29 is 9.53 Å². The maximum Gasteiger partial charge on any atom is 0.271 e. The smallest absolute Gasteiger partial charge is 0.271 e. The van der Waals surface area contributed by atoms with Crippen molar-refractivity contribution >= 4 is 11.7 Å². The van der Waals surface area contributed by atoms with Crippen molar-refractivity contribution in [2.75, 3.05) is 18.5 Å². The van der Waals surface area contributed by atoms with Crippen LogP contribution in [0.3, 0.4) is 0 Å². The van der Waals surface area contributed by atoms with Crippen molar-refractivity contribution in [3.8, 4) is 0 Å². The Morgan fingerprint density at radius 3 is 2.95 bits per heavy atom. The molecule has 1 fully saturated rings. The highest BCUT2D eigenvalue weighted by Gasteiger charge is 2.24. The Morgan fingerprint density at radius 2 is 2.37 bits per heavy atom. The topological polar surface area (TPSA) is 76.1 Å². The lowest BCUT2D eigenvalue weighted by atomic mass is 10.1. The number of carbonyl (C=O) groups excluding carboxylic acids is 1. The van der Waals surface area contributed by atoms with E-state index < -0.39 is 0 Å². The fraction of sp³-hybridized carbons (Fsp3) is 0.615. The Bertz CT molecular complexity index is 415. The minimum atomic E-state index is -0.210. The summed E-state index contributed by atoms with van der Waals surface area (Å²) in [7, 11) is 0. The minimum Gasteiger partial charge on any atom is -0.376 e. The van der Waals surface area contributed by atoms with Gasteiger partial charge in [-0.2, -0.15) is 0 Å². The molecule has 1 saturated heterocycles. The van der Waals surface area contributed by atoms with Crippen LogP contribution in [0.1, 0.15) is 37.2 Å². The summed E-state index contributed by atoms with van der Waals surface area (Å²) in [6.07, 6.45) is 5.21. The lowest BCUT2D eigenvalue weighted by Gasteiger charge is -2.19. The van der Waals surface area contributed by atoms with Crippen LogP contribution >= 0.6 is 0 Å². The SMILES string of the molecule is CCNc1cnc(C(=O)NC(C)C2CCCO2)cn1. The Labute approximate surface area is 113 Å². The first-order chi connectivity index (χ1) is 9.20. The molecule has 1 aliphatic rings. The molecule has 2 atom stereocenters. The second kappa shape index (κ2) is 6.47. The summed E-state index contributed by atoms with van der Waals surface area (Å²) in [5, 5.41) is 5.94. The number of aromatic nitrogens is 2. The van der Waals surface area contributed by atoms with Gasteiger partial charge in [-0.25, -0.2) is 9.97 Å². The van der Waals surface area contributed by atoms with Crippen molar-refractivity contribution in [3.05, 3.63) is 18.1 Å². The van der Waals surface area contributed by atoms with E-state index in [1.165, 1.54) is 6.20 Å². The number of amides is 1. The Balaban J connectivity index is 1.91. The van der Waals surface area contributed by atoms with Gasteiger partial charge >= 0.3 is 0 Å². The summed E-state index contributed by atoms with van der Waals surface area (Å²) >= 11 is 0. The predicted octanol–water partition coefficient (Wildman–Crippen LogP) is 1.21. The summed E-state index contributed by atoms with van der Waals surface area (Å²) in [5.41, 5.74) is 0.325. The quantitative estimate of drug-likeness (QED) is 0.836. The largest absolute Gasteiger partial charge is 0.376 e. The van der Waals surface area contributed by atoms with E-state index in [4.69, 9.17) is 4.74 Å². The number of hydrogen-bond donors (Lipinski definition) is 2. The van der Waals surface area contributed by atoms with Crippen LogP contribution in [0.5, 0.6) is 0 Å². The number of hydrogen-bond acceptors (Lipinski definition) is 5. The zero-order valence-electron chi connectivity index (χ0n) is 11.3. The average Bonchev–Trinajstić information content (AvgIpc) is 2.94. The molecule has 104 valence electrons. The van der Waals surface area contributed by atoms with E-state index in [-0.39, 0.29) is 18.1 Å². The number of nitrogens with zero attached hydrogens (tertiary/aromatic N) is 2. The number of ether oxygens (including phenoxy) is 1. The van der Waals surface area contributed by atoms with Gasteiger partial charge < -0.3 is 15.4 Å². The van der Waals surface area contributed by atoms with E-state index in [2.05, 4.69) is 20.6 Å². The molecule has 2 heterocycles. The standard InChI is InChI=1S/C13H20N4O2/c1-3-14-12-8-15-10(7-16-12)13(18)17-9(2)11-5-4-6-19-11/h7-9,11H,3-6H2,1-2H3,(H,14,16)(H,17,18). The number of rotatable bonds is 5. The molecule has 1 amide bonds. The van der Waals surface area contributed by atoms with Gasteiger partial charge in [0.25, 0.3) is 5.91 Å². The van der Waals surface area contributed by atoms with Gasteiger partial charge in [-0.3, -0.25) is 4.79 Å². The van der Waals surface area contributed by atoms with E-state index in [1.807, 2.05) is 13.8 Å². The summed E-state index contributed by atoms with van der Waals surface area (Å²) in [6.45, 7) is 5.48. The maximum atomic E-state index is 12.0. The summed E-state index contributed by atoms with van der Waals surface area (Å²) in [5.74, 6) is 0.463. The third-order valence-corrected chi connectivity index (χ3v) is 3.12. The molecule has 2 unspecified atom stereocenters. The second-order valence-corrected chi connectivity index (χ2v) is 4.63. The molecule has 2 N–H and O–H groups in total. The van der Waals surface area contributed by atoms with Gasteiger partial charge in [0.1, 0.15) is 11.5 Å². The zero-order valence-corrected chi connectivity index (χ0v) is 11.3. The molecule has 0 aliphatic carbocycles. The first-order valence-corrected chi connectivity index (χ1v) is 6.69. The highest BCUT2D eigenvalue weighted by atomic mass is 16.5. The van der Waals surface area contributed by atoms with E-state index >= 15 is 0 Å². The number of nitrogens with one attached hydrogen (secondary N) is 2. The summed E-state index contributed by atoms with van der Waals surface area (Å²) in [6, 6.07) is -0.00903. The van der Waals surface area contributed by atoms with Crippen LogP contribution in [0, 0.1) is 0 Å². The average molecular weight is 264 g/mol. The Kier molecular flexibility index (Phi) is 4.68. The molecule has 1 aliphatic heterocycles. The van der Waals surface area contributed by atoms with Crippen molar-refractivity contribution in [3.63, 3.8) is 0 Å². The molecule has 0 radical (unpaired) electrons. The molecule has 0 saturated carbocycles. The van der Waals surface area contributed by atoms with E-state index in [0.29, 0.717) is 11.5 Å². The minimum absolute atomic E-state index is 0.00903. The lowest BCUT2D eigenvalue weighted by Crippen LogP contribution is -2.41. The van der Waals surface area contributed by atoms with Crippen LogP contribution in [0.4, 0.5) is 5.82 Å². The molecular formula is C13H20N4O2. The first kappa shape index (κ1) is 13.7. The molecule has 6 nitrogen and oxygen atoms in total.